The molecule has 4 aromatic rings. The summed E-state index contributed by atoms with van der Waals surface area (Å²) >= 11 is 0. The number of benzene rings is 3. The van der Waals surface area contributed by atoms with Crippen LogP contribution in [0.2, 0.25) is 0 Å². The lowest BCUT2D eigenvalue weighted by Gasteiger charge is -2.21. The van der Waals surface area contributed by atoms with Gasteiger partial charge in [-0.25, -0.2) is 0 Å². The smallest absolute Gasteiger partial charge is 0.223 e. The summed E-state index contributed by atoms with van der Waals surface area (Å²) < 4.78 is 2.33. The van der Waals surface area contributed by atoms with Crippen molar-refractivity contribution < 1.29 is 4.79 Å². The topological polar surface area (TPSA) is 25.2 Å². The van der Waals surface area contributed by atoms with E-state index in [-0.39, 0.29) is 11.8 Å². The number of likely N-dealkylation sites (tertiary alicyclic amines) is 1. The minimum Gasteiger partial charge on any atom is -0.343 e. The van der Waals surface area contributed by atoms with E-state index in [9.17, 15) is 4.79 Å². The Morgan fingerprint density at radius 2 is 1.45 bits per heavy atom. The number of fused-ring (bicyclic) bond motifs is 1. The van der Waals surface area contributed by atoms with Crippen molar-refractivity contribution >= 4 is 16.8 Å². The highest BCUT2D eigenvalue weighted by Crippen LogP contribution is 2.35. The number of para-hydroxylation sites is 1. The summed E-state index contributed by atoms with van der Waals surface area (Å²) in [6, 6.07) is 29.7. The van der Waals surface area contributed by atoms with Gasteiger partial charge in [0.05, 0.1) is 0 Å². The second kappa shape index (κ2) is 8.81. The number of amides is 1. The molecule has 3 aromatic carbocycles. The molecule has 2 heterocycles. The molecule has 0 saturated carbocycles. The molecule has 0 aliphatic carbocycles. The van der Waals surface area contributed by atoms with Crippen LogP contribution in [0.4, 0.5) is 0 Å². The van der Waals surface area contributed by atoms with Crippen molar-refractivity contribution in [3.63, 3.8) is 0 Å². The number of nitrogens with zero attached hydrogens (tertiary/aromatic N) is 2. The van der Waals surface area contributed by atoms with Crippen LogP contribution in [0.25, 0.3) is 10.9 Å². The number of hydrogen-bond acceptors (Lipinski definition) is 1. The van der Waals surface area contributed by atoms with E-state index >= 15 is 0 Å². The van der Waals surface area contributed by atoms with Gasteiger partial charge in [-0.3, -0.25) is 4.79 Å². The Morgan fingerprint density at radius 1 is 0.806 bits per heavy atom. The molecule has 1 saturated heterocycles. The predicted molar refractivity (Wildman–Crippen MR) is 126 cm³/mol. The molecule has 1 aliphatic heterocycles. The standard InChI is InChI=1S/C28H28N2O/c31-28(29-17-9-10-18-29)19-25(23-13-5-2-6-14-23)26-21-30(20-22-11-3-1-4-12-22)27-16-8-7-15-24(26)27/h1-8,11-16,21,25H,9-10,17-20H2. The molecule has 3 heteroatoms. The van der Waals surface area contributed by atoms with Crippen LogP contribution < -0.4 is 0 Å². The third-order valence-corrected chi connectivity index (χ3v) is 6.43. The summed E-state index contributed by atoms with van der Waals surface area (Å²) in [5, 5.41) is 1.24. The summed E-state index contributed by atoms with van der Waals surface area (Å²) in [5.74, 6) is 0.322. The first-order chi connectivity index (χ1) is 15.3. The van der Waals surface area contributed by atoms with E-state index in [4.69, 9.17) is 0 Å². The van der Waals surface area contributed by atoms with Crippen LogP contribution in [0.15, 0.2) is 91.1 Å². The van der Waals surface area contributed by atoms with E-state index in [1.54, 1.807) is 0 Å². The van der Waals surface area contributed by atoms with Gasteiger partial charge in [0.2, 0.25) is 5.91 Å². The van der Waals surface area contributed by atoms with Gasteiger partial charge in [-0.05, 0) is 35.6 Å². The van der Waals surface area contributed by atoms with E-state index in [1.807, 2.05) is 11.0 Å². The first-order valence-electron chi connectivity index (χ1n) is 11.2. The van der Waals surface area contributed by atoms with Gasteiger partial charge in [0.1, 0.15) is 0 Å². The molecule has 0 radical (unpaired) electrons. The first kappa shape index (κ1) is 19.6. The van der Waals surface area contributed by atoms with E-state index in [2.05, 4.69) is 89.6 Å². The molecule has 5 rings (SSSR count). The third kappa shape index (κ3) is 4.13. The van der Waals surface area contributed by atoms with Crippen LogP contribution in [-0.4, -0.2) is 28.5 Å². The van der Waals surface area contributed by atoms with Crippen molar-refractivity contribution in [3.05, 3.63) is 108 Å². The van der Waals surface area contributed by atoms with E-state index in [1.165, 1.54) is 27.6 Å². The van der Waals surface area contributed by atoms with Crippen molar-refractivity contribution in [2.24, 2.45) is 0 Å². The number of aromatic nitrogens is 1. The average Bonchev–Trinajstić information content (AvgIpc) is 3.48. The minimum absolute atomic E-state index is 0.0521. The van der Waals surface area contributed by atoms with Gasteiger partial charge >= 0.3 is 0 Å². The van der Waals surface area contributed by atoms with Crippen LogP contribution >= 0.6 is 0 Å². The molecule has 1 atom stereocenters. The fourth-order valence-electron chi connectivity index (χ4n) is 4.83. The molecule has 1 amide bonds. The molecule has 1 unspecified atom stereocenters. The van der Waals surface area contributed by atoms with Crippen LogP contribution in [0.5, 0.6) is 0 Å². The van der Waals surface area contributed by atoms with Crippen LogP contribution in [0, 0.1) is 0 Å². The Morgan fingerprint density at radius 3 is 2.19 bits per heavy atom. The second-order valence-electron chi connectivity index (χ2n) is 8.47. The monoisotopic (exact) mass is 408 g/mol. The highest BCUT2D eigenvalue weighted by Gasteiger charge is 2.26. The number of carbonyl (C=O) groups excluding carboxylic acids is 1. The molecule has 1 aromatic heterocycles. The number of hydrogen-bond donors (Lipinski definition) is 0. The fourth-order valence-corrected chi connectivity index (χ4v) is 4.83. The average molecular weight is 409 g/mol. The lowest BCUT2D eigenvalue weighted by atomic mass is 9.88. The maximum Gasteiger partial charge on any atom is 0.223 e. The molecular weight excluding hydrogens is 380 g/mol. The van der Waals surface area contributed by atoms with Gasteiger partial charge in [-0.2, -0.15) is 0 Å². The predicted octanol–water partition coefficient (Wildman–Crippen LogP) is 5.83. The van der Waals surface area contributed by atoms with Crippen molar-refractivity contribution in [3.8, 4) is 0 Å². The Labute approximate surface area is 183 Å². The highest BCUT2D eigenvalue weighted by molar-refractivity contribution is 5.87. The van der Waals surface area contributed by atoms with E-state index in [0.717, 1.165) is 32.5 Å². The summed E-state index contributed by atoms with van der Waals surface area (Å²) in [6.07, 6.45) is 5.03. The highest BCUT2D eigenvalue weighted by atomic mass is 16.2. The van der Waals surface area contributed by atoms with Crippen molar-refractivity contribution in [2.75, 3.05) is 13.1 Å². The van der Waals surface area contributed by atoms with Gasteiger partial charge in [-0.15, -0.1) is 0 Å². The Bertz CT molecular complexity index is 1160. The molecule has 0 N–H and O–H groups in total. The summed E-state index contributed by atoms with van der Waals surface area (Å²) in [4.78, 5) is 15.2. The van der Waals surface area contributed by atoms with Gasteiger partial charge in [0.25, 0.3) is 0 Å². The van der Waals surface area contributed by atoms with Crippen LogP contribution in [0.1, 0.15) is 41.9 Å². The molecule has 156 valence electrons. The first-order valence-corrected chi connectivity index (χ1v) is 11.2. The van der Waals surface area contributed by atoms with Gasteiger partial charge < -0.3 is 9.47 Å². The largest absolute Gasteiger partial charge is 0.343 e. The zero-order valence-electron chi connectivity index (χ0n) is 17.8. The summed E-state index contributed by atoms with van der Waals surface area (Å²) in [6.45, 7) is 2.62. The normalized spacial score (nSPS) is 14.8. The van der Waals surface area contributed by atoms with Gasteiger partial charge in [-0.1, -0.05) is 78.9 Å². The quantitative estimate of drug-likeness (QED) is 0.394. The number of carbonyl (C=O) groups is 1. The molecule has 0 spiro atoms. The lowest BCUT2D eigenvalue weighted by molar-refractivity contribution is -0.130. The van der Waals surface area contributed by atoms with E-state index in [0.29, 0.717) is 6.42 Å². The molecule has 1 aliphatic rings. The number of rotatable bonds is 6. The van der Waals surface area contributed by atoms with Crippen molar-refractivity contribution in [1.82, 2.24) is 9.47 Å². The molecule has 0 bridgehead atoms. The van der Waals surface area contributed by atoms with Gasteiger partial charge in [0, 0.05) is 49.1 Å². The van der Waals surface area contributed by atoms with Crippen LogP contribution in [-0.2, 0) is 11.3 Å². The molecular formula is C28H28N2O. The maximum absolute atomic E-state index is 13.2. The Hall–Kier alpha value is -3.33. The molecule has 3 nitrogen and oxygen atoms in total. The second-order valence-corrected chi connectivity index (χ2v) is 8.47. The molecule has 1 fully saturated rings. The molecule has 31 heavy (non-hydrogen) atoms. The Kier molecular flexibility index (Phi) is 5.57. The maximum atomic E-state index is 13.2. The fraction of sp³-hybridized carbons (Fsp3) is 0.250. The third-order valence-electron chi connectivity index (χ3n) is 6.43. The Balaban J connectivity index is 1.57. The van der Waals surface area contributed by atoms with Crippen LogP contribution in [0.3, 0.4) is 0 Å². The van der Waals surface area contributed by atoms with Gasteiger partial charge in [0.15, 0.2) is 0 Å². The van der Waals surface area contributed by atoms with Crippen molar-refractivity contribution in [2.45, 2.75) is 31.7 Å². The zero-order chi connectivity index (χ0) is 21.0. The van der Waals surface area contributed by atoms with Crippen molar-refractivity contribution in [1.29, 1.82) is 0 Å². The summed E-state index contributed by atoms with van der Waals surface area (Å²) in [5.41, 5.74) is 4.94. The van der Waals surface area contributed by atoms with E-state index < -0.39 is 0 Å². The zero-order valence-corrected chi connectivity index (χ0v) is 17.8. The minimum atomic E-state index is 0.0521. The lowest BCUT2D eigenvalue weighted by Crippen LogP contribution is -2.29. The summed E-state index contributed by atoms with van der Waals surface area (Å²) in [7, 11) is 0. The SMILES string of the molecule is O=C(CC(c1ccccc1)c1cn(Cc2ccccc2)c2ccccc12)N1CCCC1.